The molecule has 0 fully saturated rings. The number of ether oxygens (including phenoxy) is 1. The van der Waals surface area contributed by atoms with Gasteiger partial charge >= 0.3 is 6.09 Å². The first-order chi connectivity index (χ1) is 17.4. The van der Waals surface area contributed by atoms with Crippen molar-refractivity contribution in [3.8, 4) is 22.5 Å². The van der Waals surface area contributed by atoms with Crippen molar-refractivity contribution in [1.29, 1.82) is 0 Å². The highest BCUT2D eigenvalue weighted by molar-refractivity contribution is 5.83. The van der Waals surface area contributed by atoms with Crippen LogP contribution >= 0.6 is 0 Å². The molecule has 0 aliphatic heterocycles. The van der Waals surface area contributed by atoms with Crippen LogP contribution in [0.1, 0.15) is 38.2 Å². The number of para-hydroxylation sites is 1. The molecule has 36 heavy (non-hydrogen) atoms. The predicted octanol–water partition coefficient (Wildman–Crippen LogP) is 7.03. The lowest BCUT2D eigenvalue weighted by Gasteiger charge is -2.23. The van der Waals surface area contributed by atoms with Crippen LogP contribution in [0.2, 0.25) is 0 Å². The van der Waals surface area contributed by atoms with E-state index in [0.29, 0.717) is 12.2 Å². The van der Waals surface area contributed by atoms with E-state index in [2.05, 4.69) is 33.5 Å². The number of aromatic amines is 2. The van der Waals surface area contributed by atoms with Gasteiger partial charge in [0.1, 0.15) is 11.4 Å². The lowest BCUT2D eigenvalue weighted by atomic mass is 10.0. The van der Waals surface area contributed by atoms with Gasteiger partial charge in [0, 0.05) is 34.6 Å². The van der Waals surface area contributed by atoms with Crippen LogP contribution in [0.25, 0.3) is 33.4 Å². The molecule has 0 aliphatic carbocycles. The number of fused-ring (bicyclic) bond motifs is 1. The summed E-state index contributed by atoms with van der Waals surface area (Å²) >= 11 is 0. The summed E-state index contributed by atoms with van der Waals surface area (Å²) in [5, 5.41) is 4.18. The number of nitrogens with one attached hydrogen (secondary N) is 3. The average molecular weight is 479 g/mol. The average Bonchev–Trinajstić information content (AvgIpc) is 3.49. The summed E-state index contributed by atoms with van der Waals surface area (Å²) in [7, 11) is 0. The van der Waals surface area contributed by atoms with Gasteiger partial charge in [-0.2, -0.15) is 0 Å². The third-order valence-electron chi connectivity index (χ3n) is 5.95. The first-order valence-electron chi connectivity index (χ1n) is 12.1. The molecule has 0 aliphatic rings. The molecule has 1 unspecified atom stereocenters. The predicted molar refractivity (Wildman–Crippen MR) is 144 cm³/mol. The summed E-state index contributed by atoms with van der Waals surface area (Å²) in [6, 6.07) is 27.9. The Morgan fingerprint density at radius 2 is 1.56 bits per heavy atom. The largest absolute Gasteiger partial charge is 0.444 e. The highest BCUT2D eigenvalue weighted by Gasteiger charge is 2.26. The molecule has 0 spiro atoms. The van der Waals surface area contributed by atoms with E-state index in [1.54, 1.807) is 0 Å². The van der Waals surface area contributed by atoms with Crippen LogP contribution in [0.15, 0.2) is 91.1 Å². The Balaban J connectivity index is 1.58. The third kappa shape index (κ3) is 5.18. The summed E-state index contributed by atoms with van der Waals surface area (Å²) in [5.41, 5.74) is 5.31. The Morgan fingerprint density at radius 3 is 2.25 bits per heavy atom. The van der Waals surface area contributed by atoms with Crippen molar-refractivity contribution in [2.24, 2.45) is 0 Å². The van der Waals surface area contributed by atoms with Crippen LogP contribution < -0.4 is 5.32 Å². The number of carbonyl (C=O) groups is 1. The smallest absolute Gasteiger partial charge is 0.408 e. The lowest BCUT2D eigenvalue weighted by molar-refractivity contribution is 0.0501. The highest BCUT2D eigenvalue weighted by atomic mass is 16.6. The third-order valence-corrected chi connectivity index (χ3v) is 5.95. The molecule has 1 atom stereocenters. The van der Waals surface area contributed by atoms with Crippen molar-refractivity contribution in [2.75, 3.05) is 0 Å². The second kappa shape index (κ2) is 9.74. The van der Waals surface area contributed by atoms with Gasteiger partial charge < -0.3 is 20.0 Å². The van der Waals surface area contributed by atoms with Gasteiger partial charge in [-0.15, -0.1) is 0 Å². The molecule has 0 saturated carbocycles. The van der Waals surface area contributed by atoms with Crippen LogP contribution in [-0.2, 0) is 11.2 Å². The summed E-state index contributed by atoms with van der Waals surface area (Å²) in [5.74, 6) is 0.670. The second-order valence-electron chi connectivity index (χ2n) is 9.84. The SMILES string of the molecule is CC(C)(C)OC(=O)NC(Cc1c[nH]c2ccccc12)c1nc(-c2ccccc2)c(-c2ccccc2)[nH]1. The minimum absolute atomic E-state index is 0.431. The molecule has 0 bridgehead atoms. The van der Waals surface area contributed by atoms with E-state index in [4.69, 9.17) is 9.72 Å². The number of H-pyrrole nitrogens is 2. The Morgan fingerprint density at radius 1 is 0.917 bits per heavy atom. The normalized spacial score (nSPS) is 12.4. The van der Waals surface area contributed by atoms with Gasteiger partial charge in [-0.3, -0.25) is 0 Å². The van der Waals surface area contributed by atoms with E-state index < -0.39 is 17.7 Å². The molecular formula is C30H30N4O2. The maximum absolute atomic E-state index is 12.9. The zero-order chi connectivity index (χ0) is 25.1. The number of imidazole rings is 1. The molecule has 182 valence electrons. The number of alkyl carbamates (subject to hydrolysis) is 1. The van der Waals surface area contributed by atoms with Crippen molar-refractivity contribution in [3.63, 3.8) is 0 Å². The number of aromatic nitrogens is 3. The van der Waals surface area contributed by atoms with E-state index in [-0.39, 0.29) is 0 Å². The van der Waals surface area contributed by atoms with Crippen molar-refractivity contribution >= 4 is 17.0 Å². The van der Waals surface area contributed by atoms with Crippen molar-refractivity contribution in [1.82, 2.24) is 20.3 Å². The number of nitrogens with zero attached hydrogens (tertiary/aromatic N) is 1. The van der Waals surface area contributed by atoms with E-state index >= 15 is 0 Å². The minimum atomic E-state index is -0.608. The molecule has 6 nitrogen and oxygen atoms in total. The van der Waals surface area contributed by atoms with Gasteiger partial charge in [0.05, 0.1) is 17.4 Å². The quantitative estimate of drug-likeness (QED) is 0.245. The summed E-state index contributed by atoms with van der Waals surface area (Å²) in [6.07, 6.45) is 2.05. The number of benzene rings is 3. The number of rotatable bonds is 6. The monoisotopic (exact) mass is 478 g/mol. The van der Waals surface area contributed by atoms with E-state index in [9.17, 15) is 4.79 Å². The minimum Gasteiger partial charge on any atom is -0.444 e. The molecule has 3 N–H and O–H groups in total. The van der Waals surface area contributed by atoms with Crippen molar-refractivity contribution < 1.29 is 9.53 Å². The molecule has 6 heteroatoms. The van der Waals surface area contributed by atoms with Crippen LogP contribution in [0.5, 0.6) is 0 Å². The molecule has 5 aromatic rings. The van der Waals surface area contributed by atoms with Crippen LogP contribution in [0, 0.1) is 0 Å². The number of carbonyl (C=O) groups excluding carboxylic acids is 1. The maximum atomic E-state index is 12.9. The number of amides is 1. The van der Waals surface area contributed by atoms with Gasteiger partial charge in [-0.1, -0.05) is 78.9 Å². The fourth-order valence-corrected chi connectivity index (χ4v) is 4.36. The van der Waals surface area contributed by atoms with Crippen molar-refractivity contribution in [2.45, 2.75) is 38.8 Å². The lowest BCUT2D eigenvalue weighted by Crippen LogP contribution is -2.36. The molecule has 5 rings (SSSR count). The number of hydrogen-bond donors (Lipinski definition) is 3. The molecule has 0 radical (unpaired) electrons. The summed E-state index contributed by atoms with van der Waals surface area (Å²) in [4.78, 5) is 24.8. The summed E-state index contributed by atoms with van der Waals surface area (Å²) < 4.78 is 5.60. The molecule has 3 aromatic carbocycles. The Labute approximate surface area is 210 Å². The van der Waals surface area contributed by atoms with E-state index in [0.717, 1.165) is 39.0 Å². The van der Waals surface area contributed by atoms with Crippen molar-refractivity contribution in [3.05, 3.63) is 103 Å². The zero-order valence-corrected chi connectivity index (χ0v) is 20.7. The number of hydrogen-bond acceptors (Lipinski definition) is 3. The molecule has 1 amide bonds. The second-order valence-corrected chi connectivity index (χ2v) is 9.84. The molecule has 2 aromatic heterocycles. The van der Waals surface area contributed by atoms with Gasteiger partial charge in [-0.05, 0) is 32.4 Å². The van der Waals surface area contributed by atoms with Gasteiger partial charge in [0.2, 0.25) is 0 Å². The Bertz CT molecular complexity index is 1410. The Hall–Kier alpha value is -4.32. The first-order valence-corrected chi connectivity index (χ1v) is 12.1. The maximum Gasteiger partial charge on any atom is 0.408 e. The topological polar surface area (TPSA) is 82.8 Å². The van der Waals surface area contributed by atoms with Crippen LogP contribution in [-0.4, -0.2) is 26.6 Å². The molecular weight excluding hydrogens is 448 g/mol. The standard InChI is InChI=1S/C30H30N4O2/c1-30(2,3)36-29(35)32-25(18-22-19-31-24-17-11-10-16-23(22)24)28-33-26(20-12-6-4-7-13-20)27(34-28)21-14-8-5-9-15-21/h4-17,19,25,31H,18H2,1-3H3,(H,32,35)(H,33,34). The van der Waals surface area contributed by atoms with E-state index in [1.807, 2.05) is 93.7 Å². The van der Waals surface area contributed by atoms with Crippen LogP contribution in [0.3, 0.4) is 0 Å². The highest BCUT2D eigenvalue weighted by Crippen LogP contribution is 2.33. The van der Waals surface area contributed by atoms with Gasteiger partial charge in [-0.25, -0.2) is 9.78 Å². The van der Waals surface area contributed by atoms with Crippen LogP contribution in [0.4, 0.5) is 4.79 Å². The Kier molecular flexibility index (Phi) is 6.34. The fourth-order valence-electron chi connectivity index (χ4n) is 4.36. The molecule has 0 saturated heterocycles. The summed E-state index contributed by atoms with van der Waals surface area (Å²) in [6.45, 7) is 5.57. The molecule has 2 heterocycles. The van der Waals surface area contributed by atoms with Gasteiger partial charge in [0.25, 0.3) is 0 Å². The van der Waals surface area contributed by atoms with Gasteiger partial charge in [0.15, 0.2) is 0 Å². The zero-order valence-electron chi connectivity index (χ0n) is 20.7. The fraction of sp³-hybridized carbons (Fsp3) is 0.200. The van der Waals surface area contributed by atoms with E-state index in [1.165, 1.54) is 0 Å². The first kappa shape index (κ1) is 23.4.